The van der Waals surface area contributed by atoms with E-state index in [0.717, 1.165) is 46.0 Å². The molecule has 174 valence electrons. The quantitative estimate of drug-likeness (QED) is 0.283. The van der Waals surface area contributed by atoms with Crippen LogP contribution in [0.15, 0.2) is 112 Å². The molecule has 0 spiro atoms. The number of esters is 1. The molecule has 1 unspecified atom stereocenters. The van der Waals surface area contributed by atoms with Crippen molar-refractivity contribution in [1.29, 1.82) is 0 Å². The van der Waals surface area contributed by atoms with Gasteiger partial charge in [0.2, 0.25) is 0 Å². The number of hydrogen-bond donors (Lipinski definition) is 1. The summed E-state index contributed by atoms with van der Waals surface area (Å²) < 4.78 is 4.82. The summed E-state index contributed by atoms with van der Waals surface area (Å²) in [5.41, 5.74) is 5.56. The van der Waals surface area contributed by atoms with Gasteiger partial charge in [0.1, 0.15) is 0 Å². The Bertz CT molecular complexity index is 1190. The van der Waals surface area contributed by atoms with Crippen molar-refractivity contribution in [2.75, 3.05) is 12.4 Å². The number of halogens is 2. The molecule has 4 rings (SSSR count). The third-order valence-corrected chi connectivity index (χ3v) is 6.10. The Morgan fingerprint density at radius 3 is 2.26 bits per heavy atom. The topological polar surface area (TPSA) is 50.7 Å². The molecule has 0 aromatic heterocycles. The second-order valence-corrected chi connectivity index (χ2v) is 8.21. The molecule has 0 amide bonds. The van der Waals surface area contributed by atoms with Crippen LogP contribution in [0.5, 0.6) is 0 Å². The van der Waals surface area contributed by atoms with Gasteiger partial charge in [-0.05, 0) is 71.9 Å². The number of rotatable bonds is 6. The van der Waals surface area contributed by atoms with Crippen LogP contribution in [0.1, 0.15) is 34.7 Å². The minimum Gasteiger partial charge on any atom is -0.465 e. The van der Waals surface area contributed by atoms with Crippen LogP contribution in [0.2, 0.25) is 0 Å². The van der Waals surface area contributed by atoms with Gasteiger partial charge in [-0.2, -0.15) is 0 Å². The first kappa shape index (κ1) is 25.3. The number of carbonyl (C=O) groups excluding carboxylic acids is 1. The van der Waals surface area contributed by atoms with Gasteiger partial charge in [0.05, 0.1) is 18.4 Å². The van der Waals surface area contributed by atoms with Crippen LogP contribution in [-0.4, -0.2) is 19.3 Å². The van der Waals surface area contributed by atoms with Crippen molar-refractivity contribution >= 4 is 47.6 Å². The summed E-state index contributed by atoms with van der Waals surface area (Å²) in [6.07, 6.45) is 5.38. The van der Waals surface area contributed by atoms with Crippen molar-refractivity contribution in [3.05, 3.63) is 118 Å². The lowest BCUT2D eigenvalue weighted by Crippen LogP contribution is -2.12. The van der Waals surface area contributed by atoms with E-state index in [2.05, 4.69) is 10.3 Å². The first-order valence-corrected chi connectivity index (χ1v) is 11.2. The second-order valence-electron chi connectivity index (χ2n) is 7.83. The number of methoxy groups -OCH3 is 1. The number of para-hydroxylation sites is 2. The van der Waals surface area contributed by atoms with E-state index in [1.54, 1.807) is 0 Å². The Balaban J connectivity index is 0.00000324. The van der Waals surface area contributed by atoms with Crippen molar-refractivity contribution in [3.8, 4) is 0 Å². The van der Waals surface area contributed by atoms with Crippen molar-refractivity contribution in [2.45, 2.75) is 18.8 Å². The van der Waals surface area contributed by atoms with E-state index >= 15 is 0 Å². The predicted octanol–water partition coefficient (Wildman–Crippen LogP) is 7.66. The molecule has 1 atom stereocenters. The lowest BCUT2D eigenvalue weighted by molar-refractivity contribution is 0.0600. The van der Waals surface area contributed by atoms with Crippen LogP contribution in [0, 0.1) is 0 Å². The van der Waals surface area contributed by atoms with Gasteiger partial charge in [-0.1, -0.05) is 60.1 Å². The molecular formula is C28H26Cl2N2O2. The SMILES string of the molecule is COC(=O)c1ccc(C2CC(=CNc3ccccc3)C(Cl)=C(C=Nc3ccccc3)C2)cc1.Cl. The molecule has 6 heteroatoms. The highest BCUT2D eigenvalue weighted by molar-refractivity contribution is 6.34. The summed E-state index contributed by atoms with van der Waals surface area (Å²) >= 11 is 6.84. The molecule has 0 saturated heterocycles. The third kappa shape index (κ3) is 6.37. The highest BCUT2D eigenvalue weighted by atomic mass is 35.5. The zero-order valence-corrected chi connectivity index (χ0v) is 20.4. The van der Waals surface area contributed by atoms with Gasteiger partial charge in [0, 0.05) is 23.1 Å². The van der Waals surface area contributed by atoms with Crippen LogP contribution in [0.3, 0.4) is 0 Å². The lowest BCUT2D eigenvalue weighted by Gasteiger charge is -2.26. The minimum absolute atomic E-state index is 0. The molecule has 0 heterocycles. The number of nitrogens with one attached hydrogen (secondary N) is 1. The molecule has 3 aromatic carbocycles. The lowest BCUT2D eigenvalue weighted by atomic mass is 9.81. The molecule has 1 N–H and O–H groups in total. The van der Waals surface area contributed by atoms with Crippen LogP contribution in [0.4, 0.5) is 11.4 Å². The van der Waals surface area contributed by atoms with E-state index in [1.807, 2.05) is 97.3 Å². The number of carbonyl (C=O) groups is 1. The van der Waals surface area contributed by atoms with Gasteiger partial charge < -0.3 is 10.1 Å². The monoisotopic (exact) mass is 492 g/mol. The molecule has 1 aliphatic carbocycles. The van der Waals surface area contributed by atoms with Crippen molar-refractivity contribution < 1.29 is 9.53 Å². The molecule has 4 nitrogen and oxygen atoms in total. The minimum atomic E-state index is -0.337. The Morgan fingerprint density at radius 1 is 0.971 bits per heavy atom. The molecule has 3 aromatic rings. The van der Waals surface area contributed by atoms with E-state index in [-0.39, 0.29) is 24.3 Å². The number of hydrogen-bond acceptors (Lipinski definition) is 4. The Hall–Kier alpha value is -3.34. The maximum atomic E-state index is 11.8. The van der Waals surface area contributed by atoms with Gasteiger partial charge >= 0.3 is 5.97 Å². The van der Waals surface area contributed by atoms with E-state index in [4.69, 9.17) is 16.3 Å². The zero-order valence-electron chi connectivity index (χ0n) is 18.8. The normalized spacial score (nSPS) is 16.9. The van der Waals surface area contributed by atoms with E-state index < -0.39 is 0 Å². The molecular weight excluding hydrogens is 467 g/mol. The Labute approximate surface area is 211 Å². The number of allylic oxidation sites excluding steroid dienone is 3. The van der Waals surface area contributed by atoms with Gasteiger partial charge in [0.25, 0.3) is 0 Å². The molecule has 0 aliphatic heterocycles. The summed E-state index contributed by atoms with van der Waals surface area (Å²) in [4.78, 5) is 16.4. The van der Waals surface area contributed by atoms with Crippen LogP contribution >= 0.6 is 24.0 Å². The predicted molar refractivity (Wildman–Crippen MR) is 143 cm³/mol. The van der Waals surface area contributed by atoms with Gasteiger partial charge in [0.15, 0.2) is 0 Å². The van der Waals surface area contributed by atoms with Gasteiger partial charge in [-0.25, -0.2) is 4.79 Å². The fraction of sp³-hybridized carbons (Fsp3) is 0.143. The zero-order chi connectivity index (χ0) is 23.0. The molecule has 0 saturated carbocycles. The number of aliphatic imine (C=N–C) groups is 1. The molecule has 1 aliphatic rings. The van der Waals surface area contributed by atoms with Crippen molar-refractivity contribution in [2.24, 2.45) is 4.99 Å². The number of nitrogens with zero attached hydrogens (tertiary/aromatic N) is 1. The van der Waals surface area contributed by atoms with Crippen molar-refractivity contribution in [1.82, 2.24) is 0 Å². The fourth-order valence-electron chi connectivity index (χ4n) is 3.84. The van der Waals surface area contributed by atoms with E-state index in [9.17, 15) is 4.79 Å². The van der Waals surface area contributed by atoms with Crippen LogP contribution in [0.25, 0.3) is 0 Å². The average Bonchev–Trinajstić information content (AvgIpc) is 2.88. The van der Waals surface area contributed by atoms with Gasteiger partial charge in [-0.3, -0.25) is 4.99 Å². The Morgan fingerprint density at radius 2 is 1.62 bits per heavy atom. The summed E-state index contributed by atoms with van der Waals surface area (Å²) in [6.45, 7) is 0. The Kier molecular flexibility index (Phi) is 9.08. The number of ether oxygens (including phenoxy) is 1. The third-order valence-electron chi connectivity index (χ3n) is 5.61. The molecule has 0 radical (unpaired) electrons. The summed E-state index contributed by atoms with van der Waals surface area (Å²) in [7, 11) is 1.39. The van der Waals surface area contributed by atoms with Crippen molar-refractivity contribution in [3.63, 3.8) is 0 Å². The van der Waals surface area contributed by atoms with E-state index in [1.165, 1.54) is 7.11 Å². The maximum Gasteiger partial charge on any atom is 0.337 e. The first-order chi connectivity index (χ1) is 16.1. The summed E-state index contributed by atoms with van der Waals surface area (Å²) in [6, 6.07) is 27.4. The fourth-order valence-corrected chi connectivity index (χ4v) is 4.09. The van der Waals surface area contributed by atoms with E-state index in [0.29, 0.717) is 5.56 Å². The first-order valence-electron chi connectivity index (χ1n) is 10.8. The molecule has 0 bridgehead atoms. The highest BCUT2D eigenvalue weighted by Gasteiger charge is 2.25. The standard InChI is InChI=1S/C28H25ClN2O2.ClH/c1-33-28(32)21-14-12-20(13-15-21)22-16-23(18-30-25-8-4-2-5-9-25)27(29)24(17-22)19-31-26-10-6-3-7-11-26;/h2-15,18-19,22,30H,16-17H2,1H3;1H. The van der Waals surface area contributed by atoms with Crippen LogP contribution in [-0.2, 0) is 4.74 Å². The van der Waals surface area contributed by atoms with Gasteiger partial charge in [-0.15, -0.1) is 12.4 Å². The molecule has 0 fully saturated rings. The summed E-state index contributed by atoms with van der Waals surface area (Å²) in [5.74, 6) is -0.128. The summed E-state index contributed by atoms with van der Waals surface area (Å²) in [5, 5.41) is 4.08. The highest BCUT2D eigenvalue weighted by Crippen LogP contribution is 2.41. The number of anilines is 1. The second kappa shape index (κ2) is 12.2. The smallest absolute Gasteiger partial charge is 0.337 e. The van der Waals surface area contributed by atoms with Crippen LogP contribution < -0.4 is 5.32 Å². The average molecular weight is 493 g/mol. The molecule has 34 heavy (non-hydrogen) atoms. The maximum absolute atomic E-state index is 11.8. The number of benzene rings is 3. The largest absolute Gasteiger partial charge is 0.465 e.